The maximum absolute atomic E-state index is 14.2. The van der Waals surface area contributed by atoms with E-state index < -0.39 is 0 Å². The molecule has 1 N–H and O–H groups in total. The molecule has 1 aliphatic rings. The van der Waals surface area contributed by atoms with E-state index in [2.05, 4.69) is 30.4 Å². The van der Waals surface area contributed by atoms with Gasteiger partial charge in [0.2, 0.25) is 0 Å². The third kappa shape index (κ3) is 2.87. The highest BCUT2D eigenvalue weighted by Gasteiger charge is 2.15. The molecule has 0 saturated heterocycles. The molecule has 110 valence electrons. The summed E-state index contributed by atoms with van der Waals surface area (Å²) in [7, 11) is 1.49. The molecule has 0 spiro atoms. The Balaban J connectivity index is 1.86. The first-order valence-corrected chi connectivity index (χ1v) is 7.37. The Kier molecular flexibility index (Phi) is 3.82. The van der Waals surface area contributed by atoms with Gasteiger partial charge in [-0.15, -0.1) is 0 Å². The van der Waals surface area contributed by atoms with Crippen LogP contribution in [0, 0.1) is 5.82 Å². The highest BCUT2D eigenvalue weighted by atomic mass is 19.1. The van der Waals surface area contributed by atoms with Crippen LogP contribution in [0.3, 0.4) is 0 Å². The van der Waals surface area contributed by atoms with Crippen molar-refractivity contribution in [2.75, 3.05) is 12.4 Å². The largest absolute Gasteiger partial charge is 0.494 e. The molecule has 2 aromatic rings. The molecule has 21 heavy (non-hydrogen) atoms. The third-order valence-corrected chi connectivity index (χ3v) is 4.08. The van der Waals surface area contributed by atoms with E-state index >= 15 is 0 Å². The molecule has 2 aromatic carbocycles. The van der Waals surface area contributed by atoms with Crippen molar-refractivity contribution in [3.05, 3.63) is 58.9 Å². The van der Waals surface area contributed by atoms with Gasteiger partial charge in [0.25, 0.3) is 0 Å². The molecule has 3 rings (SSSR count). The number of benzene rings is 2. The van der Waals surface area contributed by atoms with Crippen molar-refractivity contribution in [1.29, 1.82) is 0 Å². The summed E-state index contributed by atoms with van der Waals surface area (Å²) in [6.07, 6.45) is 2.81. The molecule has 0 saturated carbocycles. The van der Waals surface area contributed by atoms with Crippen LogP contribution in [0.5, 0.6) is 5.75 Å². The van der Waals surface area contributed by atoms with Gasteiger partial charge in [-0.3, -0.25) is 0 Å². The summed E-state index contributed by atoms with van der Waals surface area (Å²) in [5, 5.41) is 3.49. The second-order valence-electron chi connectivity index (χ2n) is 5.69. The Hall–Kier alpha value is -2.03. The van der Waals surface area contributed by atoms with Crippen molar-refractivity contribution in [2.45, 2.75) is 32.2 Å². The van der Waals surface area contributed by atoms with Crippen LogP contribution in [0.15, 0.2) is 36.4 Å². The minimum atomic E-state index is -0.260. The third-order valence-electron chi connectivity index (χ3n) is 4.08. The van der Waals surface area contributed by atoms with Crippen LogP contribution in [-0.4, -0.2) is 13.2 Å². The van der Waals surface area contributed by atoms with Crippen LogP contribution in [0.4, 0.5) is 10.1 Å². The van der Waals surface area contributed by atoms with Crippen LogP contribution < -0.4 is 10.1 Å². The zero-order valence-corrected chi connectivity index (χ0v) is 12.4. The summed E-state index contributed by atoms with van der Waals surface area (Å²) < 4.78 is 19.3. The van der Waals surface area contributed by atoms with Gasteiger partial charge in [-0.05, 0) is 48.6 Å². The van der Waals surface area contributed by atoms with E-state index in [4.69, 9.17) is 4.74 Å². The van der Waals surface area contributed by atoms with Gasteiger partial charge in [0.15, 0.2) is 11.6 Å². The molecule has 0 fully saturated rings. The molecule has 1 atom stereocenters. The van der Waals surface area contributed by atoms with Gasteiger partial charge < -0.3 is 10.1 Å². The molecule has 0 amide bonds. The van der Waals surface area contributed by atoms with E-state index in [0.717, 1.165) is 18.4 Å². The molecular formula is C18H20FNO. The van der Waals surface area contributed by atoms with E-state index in [9.17, 15) is 4.39 Å². The lowest BCUT2D eigenvalue weighted by Gasteiger charge is -2.24. The number of halogens is 1. The minimum Gasteiger partial charge on any atom is -0.494 e. The van der Waals surface area contributed by atoms with Crippen molar-refractivity contribution in [2.24, 2.45) is 0 Å². The first-order valence-electron chi connectivity index (χ1n) is 7.37. The maximum atomic E-state index is 14.2. The number of fused-ring (bicyclic) bond motifs is 1. The molecule has 1 unspecified atom stereocenters. The lowest BCUT2D eigenvalue weighted by molar-refractivity contribution is 0.384. The fraction of sp³-hybridized carbons (Fsp3) is 0.333. The fourth-order valence-corrected chi connectivity index (χ4v) is 2.88. The van der Waals surface area contributed by atoms with E-state index in [0.29, 0.717) is 23.8 Å². The van der Waals surface area contributed by atoms with E-state index in [1.165, 1.54) is 18.4 Å². The minimum absolute atomic E-state index is 0.260. The van der Waals surface area contributed by atoms with Crippen molar-refractivity contribution in [3.63, 3.8) is 0 Å². The molecule has 0 bridgehead atoms. The van der Waals surface area contributed by atoms with Crippen molar-refractivity contribution < 1.29 is 9.13 Å². The molecular weight excluding hydrogens is 265 g/mol. The monoisotopic (exact) mass is 285 g/mol. The Morgan fingerprint density at radius 3 is 2.95 bits per heavy atom. The van der Waals surface area contributed by atoms with E-state index in [1.54, 1.807) is 6.07 Å². The average molecular weight is 285 g/mol. The highest BCUT2D eigenvalue weighted by Crippen LogP contribution is 2.28. The Morgan fingerprint density at radius 1 is 1.29 bits per heavy atom. The van der Waals surface area contributed by atoms with Crippen molar-refractivity contribution in [1.82, 2.24) is 0 Å². The number of rotatable bonds is 3. The Morgan fingerprint density at radius 2 is 2.14 bits per heavy atom. The summed E-state index contributed by atoms with van der Waals surface area (Å²) >= 11 is 0. The summed E-state index contributed by atoms with van der Waals surface area (Å²) in [5.41, 5.74) is 4.35. The number of hydrogen-bond acceptors (Lipinski definition) is 2. The van der Waals surface area contributed by atoms with Crippen LogP contribution in [-0.2, 0) is 12.8 Å². The van der Waals surface area contributed by atoms with E-state index in [1.807, 2.05) is 12.1 Å². The molecule has 1 heterocycles. The molecule has 0 radical (unpaired) electrons. The van der Waals surface area contributed by atoms with Crippen LogP contribution in [0.25, 0.3) is 0 Å². The van der Waals surface area contributed by atoms with Gasteiger partial charge in [-0.1, -0.05) is 24.3 Å². The zero-order chi connectivity index (χ0) is 14.8. The summed E-state index contributed by atoms with van der Waals surface area (Å²) in [5.74, 6) is 0.0467. The normalized spacial score (nSPS) is 17.0. The number of aryl methyl sites for hydroxylation is 1. The van der Waals surface area contributed by atoms with Gasteiger partial charge >= 0.3 is 0 Å². The van der Waals surface area contributed by atoms with Crippen molar-refractivity contribution >= 4 is 5.69 Å². The second-order valence-corrected chi connectivity index (χ2v) is 5.69. The zero-order valence-electron chi connectivity index (χ0n) is 12.4. The first-order chi connectivity index (χ1) is 10.2. The van der Waals surface area contributed by atoms with Crippen molar-refractivity contribution in [3.8, 4) is 5.75 Å². The quantitative estimate of drug-likeness (QED) is 0.913. The molecule has 0 aliphatic carbocycles. The molecule has 0 aromatic heterocycles. The summed E-state index contributed by atoms with van der Waals surface area (Å²) in [6.45, 7) is 2.20. The van der Waals surface area contributed by atoms with Crippen LogP contribution >= 0.6 is 0 Å². The fourth-order valence-electron chi connectivity index (χ4n) is 2.88. The number of hydrogen-bond donors (Lipinski definition) is 1. The highest BCUT2D eigenvalue weighted by molar-refractivity contribution is 5.55. The summed E-state index contributed by atoms with van der Waals surface area (Å²) in [6, 6.07) is 12.2. The molecule has 3 heteroatoms. The predicted octanol–water partition coefficient (Wildman–Crippen LogP) is 4.17. The van der Waals surface area contributed by atoms with Gasteiger partial charge in [-0.25, -0.2) is 4.39 Å². The maximum Gasteiger partial charge on any atom is 0.168 e. The first kappa shape index (κ1) is 13.9. The van der Waals surface area contributed by atoms with Gasteiger partial charge in [0.1, 0.15) is 0 Å². The second kappa shape index (κ2) is 5.76. The lowest BCUT2D eigenvalue weighted by Crippen LogP contribution is -2.21. The van der Waals surface area contributed by atoms with Gasteiger partial charge in [0, 0.05) is 18.2 Å². The summed E-state index contributed by atoms with van der Waals surface area (Å²) in [4.78, 5) is 0. The average Bonchev–Trinajstić information content (AvgIpc) is 2.49. The van der Waals surface area contributed by atoms with Crippen LogP contribution in [0.1, 0.15) is 30.0 Å². The smallest absolute Gasteiger partial charge is 0.168 e. The number of methoxy groups -OCH3 is 1. The standard InChI is InChI=1S/C18H20FNO/c1-12-6-8-14-10-13(7-9-16(14)20-12)11-15-4-3-5-17(21-2)18(15)19/h3-5,7,9-10,12,20H,6,8,11H2,1-2H3. The molecule has 2 nitrogen and oxygen atoms in total. The Labute approximate surface area is 125 Å². The Bertz CT molecular complexity index is 654. The number of nitrogens with one attached hydrogen (secondary N) is 1. The number of anilines is 1. The van der Waals surface area contributed by atoms with Gasteiger partial charge in [-0.2, -0.15) is 0 Å². The SMILES string of the molecule is COc1cccc(Cc2ccc3c(c2)CCC(C)N3)c1F. The number of ether oxygens (including phenoxy) is 1. The predicted molar refractivity (Wildman–Crippen MR) is 83.6 cm³/mol. The van der Waals surface area contributed by atoms with Crippen LogP contribution in [0.2, 0.25) is 0 Å². The van der Waals surface area contributed by atoms with E-state index in [-0.39, 0.29) is 5.82 Å². The lowest BCUT2D eigenvalue weighted by atomic mass is 9.95. The van der Waals surface area contributed by atoms with Gasteiger partial charge in [0.05, 0.1) is 7.11 Å². The molecule has 1 aliphatic heterocycles. The topological polar surface area (TPSA) is 21.3 Å².